The number of aromatic nitrogens is 4. The molecular weight excluding hydrogens is 719 g/mol. The van der Waals surface area contributed by atoms with Crippen LogP contribution in [0.15, 0.2) is 49.8 Å². The third-order valence-corrected chi connectivity index (χ3v) is 7.81. The van der Waals surface area contributed by atoms with E-state index in [1.165, 1.54) is 33.7 Å². The number of methoxy groups -OCH3 is 4. The van der Waals surface area contributed by atoms with Crippen molar-refractivity contribution in [1.82, 2.24) is 19.1 Å². The number of nitrogens with one attached hydrogen (secondary N) is 2. The lowest BCUT2D eigenvalue weighted by molar-refractivity contribution is -0.0618. The fourth-order valence-corrected chi connectivity index (χ4v) is 5.23. The van der Waals surface area contributed by atoms with E-state index in [9.17, 15) is 19.2 Å². The van der Waals surface area contributed by atoms with Gasteiger partial charge in [0.1, 0.15) is 24.7 Å². The minimum atomic E-state index is -0.552. The monoisotopic (exact) mass is 764 g/mol. The number of aromatic amines is 2. The zero-order valence-corrected chi connectivity index (χ0v) is 29.1. The molecule has 0 saturated carbocycles. The lowest BCUT2D eigenvalue weighted by Crippen LogP contribution is -2.33. The Morgan fingerprint density at radius 1 is 0.870 bits per heavy atom. The van der Waals surface area contributed by atoms with Gasteiger partial charge in [-0.1, -0.05) is 25.2 Å². The second kappa shape index (κ2) is 20.5. The maximum Gasteiger partial charge on any atom is 0.330 e. The van der Waals surface area contributed by atoms with Crippen molar-refractivity contribution in [2.75, 3.05) is 48.3 Å². The number of halogens is 1. The zero-order valence-electron chi connectivity index (χ0n) is 27.0. The quantitative estimate of drug-likeness (QED) is 0.223. The number of hydrogen-bond donors (Lipinski definition) is 3. The first-order chi connectivity index (χ1) is 22.1. The summed E-state index contributed by atoms with van der Waals surface area (Å²) in [4.78, 5) is 51.3. The summed E-state index contributed by atoms with van der Waals surface area (Å²) in [6.45, 7) is 4.71. The van der Waals surface area contributed by atoms with E-state index in [0.717, 1.165) is 6.42 Å². The second-order valence-electron chi connectivity index (χ2n) is 10.1. The van der Waals surface area contributed by atoms with Gasteiger partial charge in [-0.15, -0.1) is 0 Å². The van der Waals surface area contributed by atoms with Crippen molar-refractivity contribution < 1.29 is 33.5 Å². The molecule has 0 aliphatic carbocycles. The van der Waals surface area contributed by atoms with Gasteiger partial charge in [-0.2, -0.15) is 0 Å². The summed E-state index contributed by atoms with van der Waals surface area (Å²) in [5.41, 5.74) is -1.67. The van der Waals surface area contributed by atoms with E-state index in [-0.39, 0.29) is 36.6 Å². The highest BCUT2D eigenvalue weighted by molar-refractivity contribution is 14.1. The van der Waals surface area contributed by atoms with Crippen molar-refractivity contribution >= 4 is 28.7 Å². The molecule has 2 aromatic heterocycles. The van der Waals surface area contributed by atoms with E-state index in [4.69, 9.17) is 33.5 Å². The molecule has 258 valence electrons. The standard InChI is InChI=1S/C14H20N2O6.C11H15IN2O5.C5H10/c1-20-8-11-10(21-2)6-12(22-11)16-7-9(4-3-5-17)13(18)15-14(16)19;1-17-5-8-7(18-2)3-9(19-8)14-4-6(12)10(15)13-11(14)16;1-3-5-4-2/h3-4,7,10-12,17H,5-6,8H2,1-2H3,(H,15,18,19);4,7-9H,3,5H2,1-2H3,(H,13,15,16);3,5H,4H2,1-2H3. The van der Waals surface area contributed by atoms with Crippen molar-refractivity contribution in [3.63, 3.8) is 0 Å². The van der Waals surface area contributed by atoms with Gasteiger partial charge >= 0.3 is 11.4 Å². The Hall–Kier alpha value is -2.71. The molecule has 4 rings (SSSR count). The summed E-state index contributed by atoms with van der Waals surface area (Å²) < 4.78 is 35.5. The van der Waals surface area contributed by atoms with Gasteiger partial charge in [0.25, 0.3) is 11.1 Å². The van der Waals surface area contributed by atoms with Crippen LogP contribution >= 0.6 is 22.6 Å². The highest BCUT2D eigenvalue weighted by Gasteiger charge is 2.38. The van der Waals surface area contributed by atoms with Crippen LogP contribution in [0.1, 0.15) is 51.1 Å². The van der Waals surface area contributed by atoms with E-state index < -0.39 is 35.0 Å². The van der Waals surface area contributed by atoms with Crippen molar-refractivity contribution in [2.24, 2.45) is 0 Å². The van der Waals surface area contributed by atoms with Crippen molar-refractivity contribution in [3.05, 3.63) is 81.4 Å². The zero-order chi connectivity index (χ0) is 34.2. The van der Waals surface area contributed by atoms with E-state index in [1.54, 1.807) is 28.4 Å². The fourth-order valence-electron chi connectivity index (χ4n) is 4.79. The van der Waals surface area contributed by atoms with Gasteiger partial charge in [0.2, 0.25) is 0 Å². The van der Waals surface area contributed by atoms with Gasteiger partial charge in [0.15, 0.2) is 0 Å². The Morgan fingerprint density at radius 2 is 1.37 bits per heavy atom. The molecule has 0 amide bonds. The molecule has 2 aliphatic rings. The minimum Gasteiger partial charge on any atom is -0.392 e. The number of nitrogens with zero attached hydrogens (tertiary/aromatic N) is 2. The number of rotatable bonds is 11. The van der Waals surface area contributed by atoms with Gasteiger partial charge in [0.05, 0.1) is 41.2 Å². The first-order valence-electron chi connectivity index (χ1n) is 14.7. The Bertz CT molecular complexity index is 1500. The number of ether oxygens (including phenoxy) is 6. The number of allylic oxidation sites excluding steroid dienone is 2. The van der Waals surface area contributed by atoms with Crippen LogP contribution in [0.2, 0.25) is 0 Å². The topological polar surface area (TPSA) is 185 Å². The van der Waals surface area contributed by atoms with Crippen LogP contribution < -0.4 is 22.5 Å². The molecule has 2 saturated heterocycles. The lowest BCUT2D eigenvalue weighted by Gasteiger charge is -2.16. The van der Waals surface area contributed by atoms with Crippen molar-refractivity contribution in [2.45, 2.75) is 70.0 Å². The SMILES string of the molecule is CC=CCC.COCC1OC(n2cc(C=CCO)c(=O)[nH]c2=O)CC1OC.COCC1OC(n2cc(I)c(=O)[nH]c2=O)CC1OC. The average molecular weight is 765 g/mol. The molecule has 0 spiro atoms. The van der Waals surface area contributed by atoms with E-state index in [2.05, 4.69) is 29.0 Å². The highest BCUT2D eigenvalue weighted by Crippen LogP contribution is 2.30. The third kappa shape index (κ3) is 11.2. The van der Waals surface area contributed by atoms with Gasteiger partial charge < -0.3 is 33.5 Å². The summed E-state index contributed by atoms with van der Waals surface area (Å²) in [5, 5.41) is 8.79. The van der Waals surface area contributed by atoms with Crippen molar-refractivity contribution in [1.29, 1.82) is 0 Å². The Balaban J connectivity index is 0.000000281. The van der Waals surface area contributed by atoms with Crippen LogP contribution in [0.25, 0.3) is 6.08 Å². The maximum absolute atomic E-state index is 12.0. The molecule has 0 bridgehead atoms. The Kier molecular flexibility index (Phi) is 17.6. The number of hydrogen-bond acceptors (Lipinski definition) is 11. The molecule has 0 aromatic carbocycles. The summed E-state index contributed by atoms with van der Waals surface area (Å²) in [7, 11) is 6.31. The maximum atomic E-state index is 12.0. The minimum absolute atomic E-state index is 0.138. The number of H-pyrrole nitrogens is 2. The first kappa shape index (κ1) is 39.5. The third-order valence-electron chi connectivity index (χ3n) is 7.04. The summed E-state index contributed by atoms with van der Waals surface area (Å²) in [6.07, 6.45) is 10.3. The van der Waals surface area contributed by atoms with Gasteiger partial charge in [-0.3, -0.25) is 28.7 Å². The second-order valence-corrected chi connectivity index (χ2v) is 11.3. The molecule has 15 nitrogen and oxygen atoms in total. The molecule has 6 unspecified atom stereocenters. The smallest absolute Gasteiger partial charge is 0.330 e. The Morgan fingerprint density at radius 3 is 1.78 bits per heavy atom. The number of aliphatic hydroxyl groups is 1. The summed E-state index contributed by atoms with van der Waals surface area (Å²) in [5.74, 6) is 0. The largest absolute Gasteiger partial charge is 0.392 e. The molecule has 46 heavy (non-hydrogen) atoms. The molecule has 4 heterocycles. The summed E-state index contributed by atoms with van der Waals surface area (Å²) in [6, 6.07) is 0. The van der Waals surface area contributed by atoms with Crippen LogP contribution in [0.3, 0.4) is 0 Å². The average Bonchev–Trinajstić information content (AvgIpc) is 3.63. The molecule has 6 atom stereocenters. The first-order valence-corrected chi connectivity index (χ1v) is 15.8. The molecular formula is C30H45IN4O11. The van der Waals surface area contributed by atoms with E-state index in [0.29, 0.717) is 29.6 Å². The van der Waals surface area contributed by atoms with Crippen LogP contribution in [0.5, 0.6) is 0 Å². The van der Waals surface area contributed by atoms with Gasteiger partial charge in [0, 0.05) is 53.7 Å². The van der Waals surface area contributed by atoms with Crippen LogP contribution in [0, 0.1) is 3.57 Å². The predicted octanol–water partition coefficient (Wildman–Crippen LogP) is 1.55. The van der Waals surface area contributed by atoms with Gasteiger partial charge in [-0.05, 0) is 42.0 Å². The number of aliphatic hydroxyl groups excluding tert-OH is 1. The highest BCUT2D eigenvalue weighted by atomic mass is 127. The Labute approximate surface area is 280 Å². The van der Waals surface area contributed by atoms with Crippen LogP contribution in [-0.4, -0.2) is 96.9 Å². The van der Waals surface area contributed by atoms with E-state index in [1.807, 2.05) is 29.5 Å². The molecule has 0 radical (unpaired) electrons. The molecule has 3 N–H and O–H groups in total. The predicted molar refractivity (Wildman–Crippen MR) is 179 cm³/mol. The van der Waals surface area contributed by atoms with Crippen LogP contribution in [0.4, 0.5) is 0 Å². The molecule has 2 aromatic rings. The van der Waals surface area contributed by atoms with Crippen LogP contribution in [-0.2, 0) is 28.4 Å². The molecule has 2 aliphatic heterocycles. The normalized spacial score (nSPS) is 24.2. The lowest BCUT2D eigenvalue weighted by atomic mass is 10.2. The molecule has 2 fully saturated rings. The van der Waals surface area contributed by atoms with Gasteiger partial charge in [-0.25, -0.2) is 9.59 Å². The summed E-state index contributed by atoms with van der Waals surface area (Å²) >= 11 is 1.87. The molecule has 16 heteroatoms. The fraction of sp³-hybridized carbons (Fsp3) is 0.600. The van der Waals surface area contributed by atoms with E-state index >= 15 is 0 Å². The van der Waals surface area contributed by atoms with Crippen molar-refractivity contribution in [3.8, 4) is 0 Å².